The van der Waals surface area contributed by atoms with Gasteiger partial charge in [0.05, 0.1) is 0 Å². The molecule has 0 bridgehead atoms. The second-order valence-corrected chi connectivity index (χ2v) is 6.20. The number of hydrogen-bond acceptors (Lipinski definition) is 3. The largest absolute Gasteiger partial charge is 0.324 e. The minimum absolute atomic E-state index is 0.175. The van der Waals surface area contributed by atoms with Crippen LogP contribution in [-0.2, 0) is 0 Å². The van der Waals surface area contributed by atoms with Crippen molar-refractivity contribution in [3.8, 4) is 0 Å². The Kier molecular flexibility index (Phi) is 3.88. The fourth-order valence-corrected chi connectivity index (χ4v) is 3.08. The maximum atomic E-state index is 6.30. The highest BCUT2D eigenvalue weighted by Crippen LogP contribution is 2.31. The zero-order chi connectivity index (χ0) is 11.6. The van der Waals surface area contributed by atoms with Crippen molar-refractivity contribution < 1.29 is 0 Å². The monoisotopic (exact) mass is 225 g/mol. The van der Waals surface area contributed by atoms with E-state index in [0.29, 0.717) is 0 Å². The Balaban J connectivity index is 1.68. The number of rotatable bonds is 4. The molecule has 1 saturated carbocycles. The molecule has 1 heterocycles. The predicted molar refractivity (Wildman–Crippen MR) is 68.5 cm³/mol. The van der Waals surface area contributed by atoms with Gasteiger partial charge in [-0.3, -0.25) is 0 Å². The van der Waals surface area contributed by atoms with E-state index in [1.165, 1.54) is 51.7 Å². The van der Waals surface area contributed by atoms with Crippen LogP contribution in [0.5, 0.6) is 0 Å². The van der Waals surface area contributed by atoms with Gasteiger partial charge in [-0.25, -0.2) is 0 Å². The molecule has 0 amide bonds. The molecule has 0 aromatic heterocycles. The molecular formula is C13H27N3. The topological polar surface area (TPSA) is 32.5 Å². The molecule has 2 N–H and O–H groups in total. The molecule has 2 rings (SSSR count). The molecule has 1 saturated heterocycles. The van der Waals surface area contributed by atoms with E-state index in [1.807, 2.05) is 0 Å². The SMILES string of the molecule is CN(C)CC1CCN(CC2(N)CCC2)CC1. The van der Waals surface area contributed by atoms with Gasteiger partial charge in [0.1, 0.15) is 0 Å². The molecule has 1 aliphatic carbocycles. The van der Waals surface area contributed by atoms with Crippen molar-refractivity contribution in [1.29, 1.82) is 0 Å². The molecule has 0 spiro atoms. The number of nitrogens with zero attached hydrogens (tertiary/aromatic N) is 2. The number of likely N-dealkylation sites (tertiary alicyclic amines) is 1. The summed E-state index contributed by atoms with van der Waals surface area (Å²) < 4.78 is 0. The lowest BCUT2D eigenvalue weighted by molar-refractivity contribution is 0.103. The van der Waals surface area contributed by atoms with Crippen LogP contribution in [0.25, 0.3) is 0 Å². The van der Waals surface area contributed by atoms with Crippen LogP contribution in [0.2, 0.25) is 0 Å². The number of piperidine rings is 1. The van der Waals surface area contributed by atoms with Crippen LogP contribution in [0.4, 0.5) is 0 Å². The molecular weight excluding hydrogens is 198 g/mol. The fourth-order valence-electron chi connectivity index (χ4n) is 3.08. The molecule has 3 nitrogen and oxygen atoms in total. The van der Waals surface area contributed by atoms with Gasteiger partial charge in [-0.2, -0.15) is 0 Å². The van der Waals surface area contributed by atoms with E-state index in [2.05, 4.69) is 23.9 Å². The van der Waals surface area contributed by atoms with Gasteiger partial charge < -0.3 is 15.5 Å². The summed E-state index contributed by atoms with van der Waals surface area (Å²) in [5, 5.41) is 0. The summed E-state index contributed by atoms with van der Waals surface area (Å²) in [6.45, 7) is 4.91. The quantitative estimate of drug-likeness (QED) is 0.779. The van der Waals surface area contributed by atoms with E-state index in [4.69, 9.17) is 5.73 Å². The predicted octanol–water partition coefficient (Wildman–Crippen LogP) is 1.14. The third kappa shape index (κ3) is 3.19. The maximum absolute atomic E-state index is 6.30. The van der Waals surface area contributed by atoms with Crippen LogP contribution in [0.15, 0.2) is 0 Å². The Hall–Kier alpha value is -0.120. The van der Waals surface area contributed by atoms with Crippen LogP contribution in [0, 0.1) is 5.92 Å². The standard InChI is InChI=1S/C13H27N3/c1-15(2)10-12-4-8-16(9-5-12)11-13(14)6-3-7-13/h12H,3-11,14H2,1-2H3. The summed E-state index contributed by atoms with van der Waals surface area (Å²) in [4.78, 5) is 4.90. The van der Waals surface area contributed by atoms with E-state index >= 15 is 0 Å². The summed E-state index contributed by atoms with van der Waals surface area (Å²) in [5.74, 6) is 0.904. The molecule has 94 valence electrons. The number of hydrogen-bond donors (Lipinski definition) is 1. The number of nitrogens with two attached hydrogens (primary N) is 1. The fraction of sp³-hybridized carbons (Fsp3) is 1.00. The highest BCUT2D eigenvalue weighted by molar-refractivity contribution is 4.95. The molecule has 0 unspecified atom stereocenters. The van der Waals surface area contributed by atoms with Crippen LogP contribution in [0.3, 0.4) is 0 Å². The molecule has 2 aliphatic rings. The summed E-state index contributed by atoms with van der Waals surface area (Å²) in [6, 6.07) is 0. The Labute approximate surface area is 100.0 Å². The normalized spacial score (nSPS) is 27.0. The van der Waals surface area contributed by atoms with Gasteiger partial charge in [0.2, 0.25) is 0 Å². The zero-order valence-electron chi connectivity index (χ0n) is 10.9. The van der Waals surface area contributed by atoms with Crippen LogP contribution < -0.4 is 5.73 Å². The van der Waals surface area contributed by atoms with Crippen LogP contribution in [0.1, 0.15) is 32.1 Å². The first-order valence-electron chi connectivity index (χ1n) is 6.73. The van der Waals surface area contributed by atoms with Gasteiger partial charge in [0, 0.05) is 18.6 Å². The van der Waals surface area contributed by atoms with Gasteiger partial charge in [0.25, 0.3) is 0 Å². The lowest BCUT2D eigenvalue weighted by Gasteiger charge is -2.44. The lowest BCUT2D eigenvalue weighted by atomic mass is 9.77. The average molecular weight is 225 g/mol. The minimum atomic E-state index is 0.175. The first kappa shape index (κ1) is 12.3. The second-order valence-electron chi connectivity index (χ2n) is 6.20. The Morgan fingerprint density at radius 3 is 2.31 bits per heavy atom. The van der Waals surface area contributed by atoms with Crippen molar-refractivity contribution >= 4 is 0 Å². The molecule has 0 radical (unpaired) electrons. The minimum Gasteiger partial charge on any atom is -0.324 e. The zero-order valence-corrected chi connectivity index (χ0v) is 10.9. The smallest absolute Gasteiger partial charge is 0.0283 e. The van der Waals surface area contributed by atoms with Crippen molar-refractivity contribution in [2.45, 2.75) is 37.6 Å². The van der Waals surface area contributed by atoms with E-state index in [1.54, 1.807) is 0 Å². The summed E-state index contributed by atoms with van der Waals surface area (Å²) in [5.41, 5.74) is 6.47. The van der Waals surface area contributed by atoms with Gasteiger partial charge >= 0.3 is 0 Å². The molecule has 2 fully saturated rings. The Morgan fingerprint density at radius 1 is 1.25 bits per heavy atom. The summed E-state index contributed by atoms with van der Waals surface area (Å²) in [7, 11) is 4.35. The third-order valence-corrected chi connectivity index (χ3v) is 4.22. The summed E-state index contributed by atoms with van der Waals surface area (Å²) in [6.07, 6.45) is 6.53. The van der Waals surface area contributed by atoms with Crippen molar-refractivity contribution in [3.05, 3.63) is 0 Å². The van der Waals surface area contributed by atoms with E-state index in [9.17, 15) is 0 Å². The first-order valence-corrected chi connectivity index (χ1v) is 6.73. The van der Waals surface area contributed by atoms with Gasteiger partial charge in [-0.1, -0.05) is 0 Å². The maximum Gasteiger partial charge on any atom is 0.0283 e. The average Bonchev–Trinajstić information content (AvgIpc) is 2.18. The van der Waals surface area contributed by atoms with Crippen molar-refractivity contribution in [3.63, 3.8) is 0 Å². The highest BCUT2D eigenvalue weighted by Gasteiger charge is 2.35. The van der Waals surface area contributed by atoms with E-state index < -0.39 is 0 Å². The molecule has 16 heavy (non-hydrogen) atoms. The van der Waals surface area contributed by atoms with Gasteiger partial charge in [-0.05, 0) is 65.2 Å². The molecule has 0 atom stereocenters. The van der Waals surface area contributed by atoms with Crippen LogP contribution >= 0.6 is 0 Å². The molecule has 0 aromatic rings. The van der Waals surface area contributed by atoms with Crippen molar-refractivity contribution in [2.75, 3.05) is 40.3 Å². The second kappa shape index (κ2) is 5.03. The Morgan fingerprint density at radius 2 is 1.88 bits per heavy atom. The Bertz CT molecular complexity index is 215. The van der Waals surface area contributed by atoms with Crippen molar-refractivity contribution in [1.82, 2.24) is 9.80 Å². The molecule has 0 aromatic carbocycles. The molecule has 1 aliphatic heterocycles. The van der Waals surface area contributed by atoms with Gasteiger partial charge in [-0.15, -0.1) is 0 Å². The van der Waals surface area contributed by atoms with Gasteiger partial charge in [0.15, 0.2) is 0 Å². The van der Waals surface area contributed by atoms with E-state index in [0.717, 1.165) is 12.5 Å². The first-order chi connectivity index (χ1) is 7.57. The summed E-state index contributed by atoms with van der Waals surface area (Å²) >= 11 is 0. The molecule has 3 heteroatoms. The highest BCUT2D eigenvalue weighted by atomic mass is 15.2. The van der Waals surface area contributed by atoms with Crippen molar-refractivity contribution in [2.24, 2.45) is 11.7 Å². The van der Waals surface area contributed by atoms with Crippen LogP contribution in [-0.4, -0.2) is 55.6 Å². The third-order valence-electron chi connectivity index (χ3n) is 4.22. The van der Waals surface area contributed by atoms with E-state index in [-0.39, 0.29) is 5.54 Å². The lowest BCUT2D eigenvalue weighted by Crippen LogP contribution is -2.56.